The van der Waals surface area contributed by atoms with Crippen molar-refractivity contribution in [3.63, 3.8) is 0 Å². The first kappa shape index (κ1) is 24.6. The molecule has 1 fully saturated rings. The van der Waals surface area contributed by atoms with E-state index in [2.05, 4.69) is 4.90 Å². The van der Waals surface area contributed by atoms with Crippen molar-refractivity contribution in [2.45, 2.75) is 25.9 Å². The molecule has 4 aromatic rings. The van der Waals surface area contributed by atoms with E-state index in [-0.39, 0.29) is 35.4 Å². The monoisotopic (exact) mass is 502 g/mol. The molecule has 0 unspecified atom stereocenters. The highest BCUT2D eigenvalue weighted by Gasteiger charge is 2.26. The minimum Gasteiger partial charge on any atom is -0.302 e. The molecule has 8 nitrogen and oxygen atoms in total. The third-order valence-electron chi connectivity index (χ3n) is 7.11. The fourth-order valence-electron chi connectivity index (χ4n) is 5.10. The number of nitro groups is 1. The second-order valence-corrected chi connectivity index (χ2v) is 9.42. The fourth-order valence-corrected chi connectivity index (χ4v) is 5.10. The summed E-state index contributed by atoms with van der Waals surface area (Å²) in [5.74, 6) is -0.380. The molecule has 0 spiro atoms. The van der Waals surface area contributed by atoms with Gasteiger partial charge in [-0.1, -0.05) is 24.3 Å². The van der Waals surface area contributed by atoms with E-state index in [4.69, 9.17) is 0 Å². The molecule has 0 bridgehead atoms. The number of aromatic nitrogens is 2. The number of nitrogens with zero attached hydrogens (tertiary/aromatic N) is 4. The number of benzene rings is 3. The molecule has 0 aliphatic carbocycles. The summed E-state index contributed by atoms with van der Waals surface area (Å²) in [6.07, 6.45) is 1.44. The summed E-state index contributed by atoms with van der Waals surface area (Å²) < 4.78 is 16.6. The Labute approximate surface area is 212 Å². The average Bonchev–Trinajstić information content (AvgIpc) is 3.18. The van der Waals surface area contributed by atoms with Gasteiger partial charge in [0.05, 0.1) is 22.5 Å². The maximum Gasteiger partial charge on any atom is 0.329 e. The Morgan fingerprint density at radius 3 is 2.27 bits per heavy atom. The lowest BCUT2D eigenvalue weighted by Gasteiger charge is -2.31. The second-order valence-electron chi connectivity index (χ2n) is 9.42. The van der Waals surface area contributed by atoms with E-state index in [1.54, 1.807) is 33.4 Å². The van der Waals surface area contributed by atoms with Crippen LogP contribution in [0.15, 0.2) is 77.6 Å². The molecule has 1 aliphatic heterocycles. The van der Waals surface area contributed by atoms with E-state index in [1.165, 1.54) is 24.3 Å². The van der Waals surface area contributed by atoms with E-state index in [0.29, 0.717) is 24.2 Å². The number of hydrogen-bond donors (Lipinski definition) is 0. The molecule has 0 amide bonds. The molecular formula is C28H27FN4O4. The molecule has 37 heavy (non-hydrogen) atoms. The molecule has 190 valence electrons. The van der Waals surface area contributed by atoms with Gasteiger partial charge in [-0.05, 0) is 67.9 Å². The number of ketones is 1. The van der Waals surface area contributed by atoms with E-state index in [0.717, 1.165) is 37.0 Å². The number of rotatable bonds is 8. The van der Waals surface area contributed by atoms with Crippen LogP contribution in [0, 0.1) is 21.8 Å². The topological polar surface area (TPSA) is 90.4 Å². The van der Waals surface area contributed by atoms with Gasteiger partial charge in [-0.25, -0.2) is 9.18 Å². The predicted octanol–water partition coefficient (Wildman–Crippen LogP) is 4.49. The maximum atomic E-state index is 13.4. The third kappa shape index (κ3) is 5.22. The third-order valence-corrected chi connectivity index (χ3v) is 7.11. The number of non-ortho nitro benzene ring substituents is 1. The number of halogens is 1. The maximum absolute atomic E-state index is 13.4. The summed E-state index contributed by atoms with van der Waals surface area (Å²) in [6, 6.07) is 19.6. The summed E-state index contributed by atoms with van der Waals surface area (Å²) in [7, 11) is 0. The van der Waals surface area contributed by atoms with Crippen LogP contribution in [0.1, 0.15) is 28.8 Å². The van der Waals surface area contributed by atoms with Crippen molar-refractivity contribution in [3.8, 4) is 0 Å². The number of carbonyl (C=O) groups excluding carboxylic acids is 1. The van der Waals surface area contributed by atoms with Crippen molar-refractivity contribution in [1.82, 2.24) is 14.0 Å². The molecule has 2 heterocycles. The Morgan fingerprint density at radius 1 is 0.919 bits per heavy atom. The Bertz CT molecular complexity index is 1500. The highest BCUT2D eigenvalue weighted by atomic mass is 19.1. The van der Waals surface area contributed by atoms with Gasteiger partial charge >= 0.3 is 5.69 Å². The van der Waals surface area contributed by atoms with Gasteiger partial charge in [-0.3, -0.25) is 24.0 Å². The Hall–Kier alpha value is -4.11. The standard InChI is InChI=1S/C28H27FN4O4/c29-23-10-8-21(9-11-23)27(34)22-12-14-30(15-13-22)16-17-31-25-6-1-2-7-26(25)32(28(31)35)19-20-4-3-5-24(18-20)33(36)37/h1-11,18,22H,12-17,19H2. The van der Waals surface area contributed by atoms with Crippen LogP contribution >= 0.6 is 0 Å². The molecular weight excluding hydrogens is 475 g/mol. The van der Waals surface area contributed by atoms with Gasteiger partial charge in [0.15, 0.2) is 5.78 Å². The van der Waals surface area contributed by atoms with Gasteiger partial charge < -0.3 is 4.90 Å². The van der Waals surface area contributed by atoms with Gasteiger partial charge in [-0.2, -0.15) is 0 Å². The summed E-state index contributed by atoms with van der Waals surface area (Å²) >= 11 is 0. The zero-order valence-corrected chi connectivity index (χ0v) is 20.3. The van der Waals surface area contributed by atoms with Crippen LogP contribution < -0.4 is 5.69 Å². The normalized spacial score (nSPS) is 14.7. The first-order valence-electron chi connectivity index (χ1n) is 12.3. The molecule has 0 radical (unpaired) electrons. The van der Waals surface area contributed by atoms with Crippen molar-refractivity contribution < 1.29 is 14.1 Å². The average molecular weight is 503 g/mol. The van der Waals surface area contributed by atoms with Crippen molar-refractivity contribution >= 4 is 22.5 Å². The van der Waals surface area contributed by atoms with Crippen LogP contribution in [0.3, 0.4) is 0 Å². The molecule has 0 N–H and O–H groups in total. The van der Waals surface area contributed by atoms with E-state index in [9.17, 15) is 24.1 Å². The molecule has 0 atom stereocenters. The molecule has 3 aromatic carbocycles. The minimum atomic E-state index is -0.439. The zero-order chi connectivity index (χ0) is 25.9. The summed E-state index contributed by atoms with van der Waals surface area (Å²) in [5, 5.41) is 11.2. The number of para-hydroxylation sites is 2. The lowest BCUT2D eigenvalue weighted by molar-refractivity contribution is -0.384. The van der Waals surface area contributed by atoms with Gasteiger partial charge in [0.2, 0.25) is 0 Å². The highest BCUT2D eigenvalue weighted by molar-refractivity contribution is 5.97. The van der Waals surface area contributed by atoms with Crippen molar-refractivity contribution in [3.05, 3.63) is 110 Å². The molecule has 1 aliphatic rings. The largest absolute Gasteiger partial charge is 0.329 e. The minimum absolute atomic E-state index is 0.00407. The van der Waals surface area contributed by atoms with Crippen LogP contribution in [0.4, 0.5) is 10.1 Å². The van der Waals surface area contributed by atoms with Gasteiger partial charge in [-0.15, -0.1) is 0 Å². The zero-order valence-electron chi connectivity index (χ0n) is 20.3. The van der Waals surface area contributed by atoms with Crippen LogP contribution in [-0.2, 0) is 13.1 Å². The summed E-state index contributed by atoms with van der Waals surface area (Å²) in [4.78, 5) is 39.2. The number of carbonyl (C=O) groups is 1. The number of likely N-dealkylation sites (tertiary alicyclic amines) is 1. The molecule has 9 heteroatoms. The smallest absolute Gasteiger partial charge is 0.302 e. The number of nitro benzene ring substituents is 1. The highest BCUT2D eigenvalue weighted by Crippen LogP contribution is 2.23. The molecule has 5 rings (SSSR count). The first-order chi connectivity index (χ1) is 17.9. The SMILES string of the molecule is O=C(c1ccc(F)cc1)C1CCN(CCn2c(=O)n(Cc3cccc([N+](=O)[O-])c3)c3ccccc32)CC1. The summed E-state index contributed by atoms with van der Waals surface area (Å²) in [6.45, 7) is 2.91. The van der Waals surface area contributed by atoms with Crippen LogP contribution in [0.25, 0.3) is 11.0 Å². The Kier molecular flexibility index (Phi) is 6.96. The van der Waals surface area contributed by atoms with E-state index < -0.39 is 4.92 Å². The van der Waals surface area contributed by atoms with Crippen molar-refractivity contribution in [1.29, 1.82) is 0 Å². The number of piperidine rings is 1. The molecule has 1 saturated heterocycles. The Balaban J connectivity index is 1.27. The summed E-state index contributed by atoms with van der Waals surface area (Å²) in [5.41, 5.74) is 2.67. The second kappa shape index (κ2) is 10.5. The van der Waals surface area contributed by atoms with Crippen molar-refractivity contribution in [2.75, 3.05) is 19.6 Å². The molecule has 1 aromatic heterocycles. The number of imidazole rings is 1. The van der Waals surface area contributed by atoms with E-state index in [1.807, 2.05) is 24.3 Å². The van der Waals surface area contributed by atoms with Gasteiger partial charge in [0.1, 0.15) is 5.82 Å². The predicted molar refractivity (Wildman–Crippen MR) is 138 cm³/mol. The van der Waals surface area contributed by atoms with Gasteiger partial charge in [0, 0.05) is 36.7 Å². The van der Waals surface area contributed by atoms with E-state index >= 15 is 0 Å². The lowest BCUT2D eigenvalue weighted by Crippen LogP contribution is -2.39. The fraction of sp³-hybridized carbons (Fsp3) is 0.286. The van der Waals surface area contributed by atoms with Gasteiger partial charge in [0.25, 0.3) is 5.69 Å². The quantitative estimate of drug-likeness (QED) is 0.201. The van der Waals surface area contributed by atoms with Crippen LogP contribution in [0.5, 0.6) is 0 Å². The first-order valence-corrected chi connectivity index (χ1v) is 12.3. The lowest BCUT2D eigenvalue weighted by atomic mass is 9.89. The number of Topliss-reactive ketones (excluding diaryl/α,β-unsaturated/α-hetero) is 1. The number of fused-ring (bicyclic) bond motifs is 1. The van der Waals surface area contributed by atoms with Crippen LogP contribution in [0.2, 0.25) is 0 Å². The van der Waals surface area contributed by atoms with Crippen molar-refractivity contribution in [2.24, 2.45) is 5.92 Å². The Morgan fingerprint density at radius 2 is 1.59 bits per heavy atom. The van der Waals surface area contributed by atoms with Crippen LogP contribution in [-0.4, -0.2) is 44.4 Å². The molecule has 0 saturated carbocycles. The number of hydrogen-bond acceptors (Lipinski definition) is 5.